The second-order valence-electron chi connectivity index (χ2n) is 6.89. The molecular weight excluding hydrogens is 418 g/mol. The van der Waals surface area contributed by atoms with Crippen molar-refractivity contribution in [1.29, 1.82) is 0 Å². The van der Waals surface area contributed by atoms with E-state index in [0.29, 0.717) is 58.0 Å². The third kappa shape index (κ3) is 12.6. The Morgan fingerprint density at radius 3 is 2.00 bits per heavy atom. The van der Waals surface area contributed by atoms with Gasteiger partial charge in [0.2, 0.25) is 5.91 Å². The van der Waals surface area contributed by atoms with Crippen LogP contribution < -0.4 is 11.2 Å². The Hall–Kier alpha value is -2.21. The van der Waals surface area contributed by atoms with Crippen molar-refractivity contribution in [3.05, 3.63) is 12.3 Å². The summed E-state index contributed by atoms with van der Waals surface area (Å²) in [4.78, 5) is 45.7. The lowest BCUT2D eigenvalue weighted by Gasteiger charge is -2.31. The molecule has 0 aromatic carbocycles. The molecule has 188 valence electrons. The van der Waals surface area contributed by atoms with Gasteiger partial charge in [0.15, 0.2) is 0 Å². The van der Waals surface area contributed by atoms with Gasteiger partial charge in [0, 0.05) is 52.7 Å². The topological polar surface area (TPSA) is 138 Å². The minimum Gasteiger partial charge on any atom is -0.480 e. The lowest BCUT2D eigenvalue weighted by atomic mass is 10.1. The summed E-state index contributed by atoms with van der Waals surface area (Å²) in [6.45, 7) is 11.3. The molecule has 1 aliphatic rings. The van der Waals surface area contributed by atoms with Gasteiger partial charge in [0.05, 0.1) is 20.2 Å². The minimum atomic E-state index is -0.916. The van der Waals surface area contributed by atoms with Crippen molar-refractivity contribution in [2.45, 2.75) is 40.2 Å². The molecule has 11 nitrogen and oxygen atoms in total. The van der Waals surface area contributed by atoms with Crippen LogP contribution in [0, 0.1) is 0 Å². The average molecular weight is 462 g/mol. The summed E-state index contributed by atoms with van der Waals surface area (Å²) in [5.41, 5.74) is 0. The number of rotatable bonds is 10. The Labute approximate surface area is 192 Å². The molecule has 1 amide bonds. The molecule has 0 aromatic heterocycles. The van der Waals surface area contributed by atoms with Gasteiger partial charge in [-0.3, -0.25) is 29.1 Å². The van der Waals surface area contributed by atoms with E-state index >= 15 is 0 Å². The molecule has 1 rings (SSSR count). The van der Waals surface area contributed by atoms with Crippen LogP contribution in [0.15, 0.2) is 12.3 Å². The molecule has 32 heavy (non-hydrogen) atoms. The SMILES string of the molecule is C.C=C(CN1CCN(CC(=O)O)CCN(C(CCC(=O)NC)C(=O)OC)CC1)ON.CC. The number of hydrogen-bond acceptors (Lipinski definition) is 9. The molecule has 1 unspecified atom stereocenters. The summed E-state index contributed by atoms with van der Waals surface area (Å²) in [5, 5.41) is 11.7. The highest BCUT2D eigenvalue weighted by Crippen LogP contribution is 2.12. The third-order valence-corrected chi connectivity index (χ3v) is 4.90. The number of methoxy groups -OCH3 is 1. The van der Waals surface area contributed by atoms with Gasteiger partial charge in [-0.1, -0.05) is 27.9 Å². The highest BCUT2D eigenvalue weighted by atomic mass is 16.6. The van der Waals surface area contributed by atoms with Gasteiger partial charge >= 0.3 is 11.9 Å². The van der Waals surface area contributed by atoms with E-state index in [2.05, 4.69) is 16.7 Å². The van der Waals surface area contributed by atoms with Gasteiger partial charge in [-0.2, -0.15) is 5.90 Å². The maximum absolute atomic E-state index is 12.4. The predicted molar refractivity (Wildman–Crippen MR) is 124 cm³/mol. The standard InChI is InChI=1S/C18H33N5O6.C2H6.CH4/c1-14(29-19)12-21-6-7-22(13-17(25)26)9-11-23(10-8-21)15(18(27)28-3)4-5-16(24)20-2;1-2;/h15H,1,4-13,19H2,2-3H3,(H,20,24)(H,25,26);1-2H3;1H4. The summed E-state index contributed by atoms with van der Waals surface area (Å²) in [5.74, 6) is 4.08. The van der Waals surface area contributed by atoms with Gasteiger partial charge in [-0.15, -0.1) is 0 Å². The zero-order chi connectivity index (χ0) is 23.8. The monoisotopic (exact) mass is 461 g/mol. The minimum absolute atomic E-state index is 0. The van der Waals surface area contributed by atoms with E-state index in [-0.39, 0.29) is 26.3 Å². The summed E-state index contributed by atoms with van der Waals surface area (Å²) in [6, 6.07) is -0.599. The van der Waals surface area contributed by atoms with Crippen LogP contribution in [0.5, 0.6) is 0 Å². The zero-order valence-electron chi connectivity index (χ0n) is 19.3. The molecule has 1 heterocycles. The number of carboxylic acids is 1. The van der Waals surface area contributed by atoms with Crippen LogP contribution in [0.25, 0.3) is 0 Å². The number of aliphatic carboxylic acids is 1. The summed E-state index contributed by atoms with van der Waals surface area (Å²) in [7, 11) is 2.86. The van der Waals surface area contributed by atoms with Crippen molar-refractivity contribution in [3.63, 3.8) is 0 Å². The Bertz CT molecular complexity index is 575. The predicted octanol–water partition coefficient (Wildman–Crippen LogP) is 0.125. The molecule has 1 atom stereocenters. The van der Waals surface area contributed by atoms with Crippen molar-refractivity contribution in [2.75, 3.05) is 66.5 Å². The van der Waals surface area contributed by atoms with E-state index in [1.54, 1.807) is 7.05 Å². The lowest BCUT2D eigenvalue weighted by Crippen LogP contribution is -2.47. The molecule has 1 saturated heterocycles. The van der Waals surface area contributed by atoms with Crippen LogP contribution in [-0.2, 0) is 24.0 Å². The molecule has 0 saturated carbocycles. The lowest BCUT2D eigenvalue weighted by molar-refractivity contribution is -0.148. The number of nitrogens with zero attached hydrogens (tertiary/aromatic N) is 3. The van der Waals surface area contributed by atoms with Crippen LogP contribution >= 0.6 is 0 Å². The molecule has 0 aliphatic carbocycles. The highest BCUT2D eigenvalue weighted by Gasteiger charge is 2.29. The van der Waals surface area contributed by atoms with Gasteiger partial charge in [-0.25, -0.2) is 0 Å². The molecule has 1 aliphatic heterocycles. The summed E-state index contributed by atoms with van der Waals surface area (Å²) < 4.78 is 4.95. The number of carbonyl (C=O) groups excluding carboxylic acids is 2. The fourth-order valence-electron chi connectivity index (χ4n) is 3.24. The third-order valence-electron chi connectivity index (χ3n) is 4.90. The highest BCUT2D eigenvalue weighted by molar-refractivity contribution is 5.79. The summed E-state index contributed by atoms with van der Waals surface area (Å²) >= 11 is 0. The fourth-order valence-corrected chi connectivity index (χ4v) is 3.24. The van der Waals surface area contributed by atoms with Crippen molar-refractivity contribution in [2.24, 2.45) is 5.90 Å². The van der Waals surface area contributed by atoms with E-state index in [1.165, 1.54) is 7.11 Å². The van der Waals surface area contributed by atoms with Crippen LogP contribution in [0.4, 0.5) is 0 Å². The van der Waals surface area contributed by atoms with Gasteiger partial charge in [0.25, 0.3) is 0 Å². The maximum Gasteiger partial charge on any atom is 0.323 e. The molecule has 0 radical (unpaired) electrons. The molecule has 4 N–H and O–H groups in total. The second-order valence-corrected chi connectivity index (χ2v) is 6.89. The Morgan fingerprint density at radius 2 is 1.56 bits per heavy atom. The number of ether oxygens (including phenoxy) is 1. The first kappa shape index (κ1) is 32.0. The number of esters is 1. The molecule has 11 heteroatoms. The molecule has 0 aromatic rings. The smallest absolute Gasteiger partial charge is 0.323 e. The number of nitrogens with two attached hydrogens (primary N) is 1. The van der Waals surface area contributed by atoms with Crippen molar-refractivity contribution >= 4 is 17.8 Å². The van der Waals surface area contributed by atoms with Crippen molar-refractivity contribution in [3.8, 4) is 0 Å². The van der Waals surface area contributed by atoms with Crippen LogP contribution in [0.1, 0.15) is 34.1 Å². The van der Waals surface area contributed by atoms with Crippen LogP contribution in [0.3, 0.4) is 0 Å². The summed E-state index contributed by atoms with van der Waals surface area (Å²) in [6.07, 6.45) is 0.497. The number of carbonyl (C=O) groups is 3. The Kier molecular flexibility index (Phi) is 18.4. The fraction of sp³-hybridized carbons (Fsp3) is 0.762. The van der Waals surface area contributed by atoms with Gasteiger partial charge in [0.1, 0.15) is 11.8 Å². The molecule has 0 bridgehead atoms. The van der Waals surface area contributed by atoms with Crippen LogP contribution in [-0.4, -0.2) is 110 Å². The first-order valence-corrected chi connectivity index (χ1v) is 10.5. The number of hydrogen-bond donors (Lipinski definition) is 3. The quantitative estimate of drug-likeness (QED) is 0.234. The zero-order valence-corrected chi connectivity index (χ0v) is 19.3. The average Bonchev–Trinajstić information content (AvgIpc) is 2.86. The van der Waals surface area contributed by atoms with Gasteiger partial charge < -0.3 is 20.0 Å². The Morgan fingerprint density at radius 1 is 1.06 bits per heavy atom. The molecule has 1 fully saturated rings. The first-order valence-electron chi connectivity index (χ1n) is 10.5. The van der Waals surface area contributed by atoms with E-state index in [9.17, 15) is 19.5 Å². The van der Waals surface area contributed by atoms with Gasteiger partial charge in [-0.05, 0) is 6.42 Å². The van der Waals surface area contributed by atoms with E-state index < -0.39 is 18.0 Å². The first-order chi connectivity index (χ1) is 14.8. The normalized spacial score (nSPS) is 16.5. The number of carboxylic acid groups (broad SMARTS) is 1. The second kappa shape index (κ2) is 18.4. The van der Waals surface area contributed by atoms with Crippen molar-refractivity contribution < 1.29 is 29.1 Å². The van der Waals surface area contributed by atoms with E-state index in [4.69, 9.17) is 10.6 Å². The molecular formula is C21H43N5O6. The maximum atomic E-state index is 12.4. The number of amides is 1. The largest absolute Gasteiger partial charge is 0.480 e. The molecule has 0 spiro atoms. The van der Waals surface area contributed by atoms with Crippen LogP contribution in [0.2, 0.25) is 0 Å². The van der Waals surface area contributed by atoms with Crippen molar-refractivity contribution in [1.82, 2.24) is 20.0 Å². The van der Waals surface area contributed by atoms with E-state index in [1.807, 2.05) is 28.5 Å². The van der Waals surface area contributed by atoms with E-state index in [0.717, 1.165) is 0 Å². The number of nitrogens with one attached hydrogen (secondary N) is 1. The Balaban J connectivity index is 0.